The smallest absolute Gasteiger partial charge is 0.241 e. The number of likely N-dealkylation sites (tertiary alicyclic amines) is 1. The van der Waals surface area contributed by atoms with Crippen molar-refractivity contribution in [3.05, 3.63) is 28.7 Å². The molecule has 2 rings (SSSR count). The van der Waals surface area contributed by atoms with Crippen molar-refractivity contribution in [2.75, 3.05) is 18.4 Å². The predicted molar refractivity (Wildman–Crippen MR) is 97.4 cm³/mol. The van der Waals surface area contributed by atoms with Gasteiger partial charge in [-0.25, -0.2) is 0 Å². The van der Waals surface area contributed by atoms with Gasteiger partial charge in [0.1, 0.15) is 0 Å². The fourth-order valence-electron chi connectivity index (χ4n) is 2.72. The molecule has 1 fully saturated rings. The van der Waals surface area contributed by atoms with Crippen molar-refractivity contribution < 1.29 is 4.79 Å². The molecule has 6 heteroatoms. The molecule has 4 nitrogen and oxygen atoms in total. The molecule has 2 atom stereocenters. The first-order valence-electron chi connectivity index (χ1n) is 7.35. The average Bonchev–Trinajstić information content (AvgIpc) is 2.41. The maximum atomic E-state index is 12.4. The van der Waals surface area contributed by atoms with E-state index in [4.69, 9.17) is 5.73 Å². The molecule has 0 spiro atoms. The van der Waals surface area contributed by atoms with Crippen molar-refractivity contribution in [3.8, 4) is 0 Å². The first kappa shape index (κ1) is 19.4. The second-order valence-corrected chi connectivity index (χ2v) is 7.45. The first-order valence-corrected chi connectivity index (χ1v) is 8.15. The Kier molecular flexibility index (Phi) is 6.86. The van der Waals surface area contributed by atoms with Crippen LogP contribution >= 0.6 is 28.3 Å². The standard InChI is InChI=1S/C16H24BrN3O.ClH/c1-11(20-8-7-14(18)16(2,3)10-20)15(21)19-13-6-4-5-12(17)9-13;/h4-6,9,11,14H,7-8,10,18H2,1-3H3,(H,19,21);1H. The number of anilines is 1. The highest BCUT2D eigenvalue weighted by Gasteiger charge is 2.36. The third-order valence-corrected chi connectivity index (χ3v) is 4.85. The average molecular weight is 391 g/mol. The van der Waals surface area contributed by atoms with Gasteiger partial charge >= 0.3 is 0 Å². The molecular weight excluding hydrogens is 366 g/mol. The van der Waals surface area contributed by atoms with E-state index in [1.165, 1.54) is 0 Å². The number of rotatable bonds is 3. The molecule has 1 aliphatic rings. The zero-order chi connectivity index (χ0) is 15.6. The number of hydrogen-bond donors (Lipinski definition) is 2. The Morgan fingerprint density at radius 2 is 2.18 bits per heavy atom. The molecule has 0 saturated carbocycles. The molecule has 0 bridgehead atoms. The molecule has 1 aromatic carbocycles. The molecule has 3 N–H and O–H groups in total. The molecule has 0 radical (unpaired) electrons. The van der Waals surface area contributed by atoms with Crippen molar-refractivity contribution in [1.82, 2.24) is 4.90 Å². The Balaban J connectivity index is 0.00000242. The quantitative estimate of drug-likeness (QED) is 0.833. The zero-order valence-electron chi connectivity index (χ0n) is 13.3. The van der Waals surface area contributed by atoms with E-state index < -0.39 is 0 Å². The van der Waals surface area contributed by atoms with E-state index in [0.717, 1.165) is 29.7 Å². The number of piperidine rings is 1. The van der Waals surface area contributed by atoms with Crippen molar-refractivity contribution in [2.45, 2.75) is 39.3 Å². The van der Waals surface area contributed by atoms with Crippen molar-refractivity contribution >= 4 is 39.9 Å². The second kappa shape index (κ2) is 7.77. The van der Waals surface area contributed by atoms with E-state index in [9.17, 15) is 4.79 Å². The van der Waals surface area contributed by atoms with E-state index in [1.54, 1.807) is 0 Å². The lowest BCUT2D eigenvalue weighted by atomic mass is 9.79. The van der Waals surface area contributed by atoms with Crippen LogP contribution in [-0.4, -0.2) is 36.0 Å². The monoisotopic (exact) mass is 389 g/mol. The largest absolute Gasteiger partial charge is 0.327 e. The van der Waals surface area contributed by atoms with Gasteiger partial charge in [0.05, 0.1) is 6.04 Å². The van der Waals surface area contributed by atoms with Gasteiger partial charge in [-0.3, -0.25) is 9.69 Å². The van der Waals surface area contributed by atoms with Crippen molar-refractivity contribution in [3.63, 3.8) is 0 Å². The maximum Gasteiger partial charge on any atom is 0.241 e. The maximum absolute atomic E-state index is 12.4. The summed E-state index contributed by atoms with van der Waals surface area (Å²) in [5, 5.41) is 2.98. The van der Waals surface area contributed by atoms with Crippen LogP contribution in [0.4, 0.5) is 5.69 Å². The summed E-state index contributed by atoms with van der Waals surface area (Å²) in [5.74, 6) is 0.0272. The fraction of sp³-hybridized carbons (Fsp3) is 0.562. The number of nitrogens with one attached hydrogen (secondary N) is 1. The molecule has 1 aliphatic heterocycles. The lowest BCUT2D eigenvalue weighted by molar-refractivity contribution is -0.122. The van der Waals surface area contributed by atoms with E-state index in [2.05, 4.69) is 40.0 Å². The highest BCUT2D eigenvalue weighted by Crippen LogP contribution is 2.29. The Morgan fingerprint density at radius 3 is 2.77 bits per heavy atom. The van der Waals surface area contributed by atoms with Gasteiger partial charge in [0, 0.05) is 29.3 Å². The van der Waals surface area contributed by atoms with E-state index in [-0.39, 0.29) is 35.8 Å². The Labute approximate surface area is 147 Å². The number of benzene rings is 1. The zero-order valence-corrected chi connectivity index (χ0v) is 15.7. The summed E-state index contributed by atoms with van der Waals surface area (Å²) in [7, 11) is 0. The molecule has 1 heterocycles. The number of nitrogens with two attached hydrogens (primary N) is 1. The van der Waals surface area contributed by atoms with Crippen molar-refractivity contribution in [2.24, 2.45) is 11.1 Å². The van der Waals surface area contributed by atoms with E-state index in [1.807, 2.05) is 31.2 Å². The number of nitrogens with zero attached hydrogens (tertiary/aromatic N) is 1. The van der Waals surface area contributed by atoms with Gasteiger partial charge in [-0.15, -0.1) is 12.4 Å². The van der Waals surface area contributed by atoms with Gasteiger partial charge in [-0.05, 0) is 37.0 Å². The Hall–Kier alpha value is -0.620. The number of carbonyl (C=O) groups excluding carboxylic acids is 1. The first-order chi connectivity index (χ1) is 9.79. The topological polar surface area (TPSA) is 58.4 Å². The molecular formula is C16H25BrClN3O. The van der Waals surface area contributed by atoms with Crippen LogP contribution in [0.2, 0.25) is 0 Å². The van der Waals surface area contributed by atoms with E-state index >= 15 is 0 Å². The summed E-state index contributed by atoms with van der Waals surface area (Å²) in [4.78, 5) is 14.6. The minimum Gasteiger partial charge on any atom is -0.327 e. The summed E-state index contributed by atoms with van der Waals surface area (Å²) in [6.45, 7) is 8.02. The molecule has 0 aromatic heterocycles. The molecule has 124 valence electrons. The molecule has 1 aromatic rings. The minimum absolute atomic E-state index is 0. The normalized spacial score (nSPS) is 22.5. The summed E-state index contributed by atoms with van der Waals surface area (Å²) in [6.07, 6.45) is 0.932. The van der Waals surface area contributed by atoms with Crippen LogP contribution in [0.3, 0.4) is 0 Å². The third kappa shape index (κ3) is 4.69. The highest BCUT2D eigenvalue weighted by atomic mass is 79.9. The van der Waals surface area contributed by atoms with Gasteiger partial charge in [0.15, 0.2) is 0 Å². The number of hydrogen-bond acceptors (Lipinski definition) is 3. The van der Waals surface area contributed by atoms with Crippen LogP contribution in [0.1, 0.15) is 27.2 Å². The van der Waals surface area contributed by atoms with Gasteiger partial charge in [-0.2, -0.15) is 0 Å². The second-order valence-electron chi connectivity index (χ2n) is 6.53. The van der Waals surface area contributed by atoms with Gasteiger partial charge in [0.2, 0.25) is 5.91 Å². The molecule has 1 saturated heterocycles. The lowest BCUT2D eigenvalue weighted by Gasteiger charge is -2.44. The summed E-state index contributed by atoms with van der Waals surface area (Å²) >= 11 is 3.41. The molecule has 1 amide bonds. The fourth-order valence-corrected chi connectivity index (χ4v) is 3.12. The summed E-state index contributed by atoms with van der Waals surface area (Å²) < 4.78 is 0.957. The Bertz CT molecular complexity index is 524. The van der Waals surface area contributed by atoms with E-state index in [0.29, 0.717) is 0 Å². The van der Waals surface area contributed by atoms with Gasteiger partial charge in [-0.1, -0.05) is 35.8 Å². The van der Waals surface area contributed by atoms with Crippen LogP contribution in [0.25, 0.3) is 0 Å². The summed E-state index contributed by atoms with van der Waals surface area (Å²) in [6, 6.07) is 7.69. The van der Waals surface area contributed by atoms with Crippen LogP contribution < -0.4 is 11.1 Å². The third-order valence-electron chi connectivity index (χ3n) is 4.36. The summed E-state index contributed by atoms with van der Waals surface area (Å²) in [5.41, 5.74) is 7.02. The minimum atomic E-state index is -0.157. The molecule has 0 aliphatic carbocycles. The van der Waals surface area contributed by atoms with Crippen LogP contribution in [-0.2, 0) is 4.79 Å². The number of amides is 1. The molecule has 2 unspecified atom stereocenters. The number of carbonyl (C=O) groups is 1. The van der Waals surface area contributed by atoms with Crippen LogP contribution in [0.5, 0.6) is 0 Å². The molecule has 22 heavy (non-hydrogen) atoms. The Morgan fingerprint density at radius 1 is 1.50 bits per heavy atom. The van der Waals surface area contributed by atoms with Gasteiger partial charge in [0.25, 0.3) is 0 Å². The van der Waals surface area contributed by atoms with Crippen molar-refractivity contribution in [1.29, 1.82) is 0 Å². The number of halogens is 2. The highest BCUT2D eigenvalue weighted by molar-refractivity contribution is 9.10. The lowest BCUT2D eigenvalue weighted by Crippen LogP contribution is -2.56. The SMILES string of the molecule is CC(C(=O)Nc1cccc(Br)c1)N1CCC(N)C(C)(C)C1.Cl. The van der Waals surface area contributed by atoms with Gasteiger partial charge < -0.3 is 11.1 Å². The predicted octanol–water partition coefficient (Wildman–Crippen LogP) is 3.26. The van der Waals surface area contributed by atoms with Crippen LogP contribution in [0, 0.1) is 5.41 Å². The van der Waals surface area contributed by atoms with Crippen LogP contribution in [0.15, 0.2) is 28.7 Å².